The molecule has 0 aromatic heterocycles. The van der Waals surface area contributed by atoms with Crippen LogP contribution in [0.3, 0.4) is 0 Å². The largest absolute Gasteiger partial charge is 0.507 e. The molecule has 0 spiro atoms. The van der Waals surface area contributed by atoms with E-state index in [2.05, 4.69) is 10.5 Å². The van der Waals surface area contributed by atoms with Gasteiger partial charge in [-0.2, -0.15) is 5.10 Å². The van der Waals surface area contributed by atoms with Gasteiger partial charge >= 0.3 is 5.69 Å². The molecule has 3 aromatic rings. The quantitative estimate of drug-likeness (QED) is 0.408. The predicted octanol–water partition coefficient (Wildman–Crippen LogP) is 3.81. The molecule has 0 heterocycles. The third kappa shape index (κ3) is 3.26. The van der Waals surface area contributed by atoms with E-state index in [0.717, 1.165) is 17.5 Å². The molecule has 3 aromatic carbocycles. The van der Waals surface area contributed by atoms with Crippen molar-refractivity contribution in [1.82, 2.24) is 0 Å². The molecular weight excluding hydrogens is 340 g/mol. The minimum atomic E-state index is -0.738. The molecule has 3 rings (SSSR count). The van der Waals surface area contributed by atoms with Crippen LogP contribution >= 0.6 is 0 Å². The van der Waals surface area contributed by atoms with Crippen LogP contribution in [0.5, 0.6) is 5.75 Å². The highest BCUT2D eigenvalue weighted by Crippen LogP contribution is 2.30. The number of hydrogen-bond donors (Lipinski definition) is 2. The molecule has 0 aliphatic rings. The van der Waals surface area contributed by atoms with Gasteiger partial charge in [0.2, 0.25) is 0 Å². The summed E-state index contributed by atoms with van der Waals surface area (Å²) in [6.45, 7) is 0. The number of nitrogens with one attached hydrogen (secondary N) is 1. The van der Waals surface area contributed by atoms with Crippen LogP contribution in [0.25, 0.3) is 10.8 Å². The lowest BCUT2D eigenvalue weighted by atomic mass is 10.1. The Bertz CT molecular complexity index is 1050. The molecule has 0 amide bonds. The van der Waals surface area contributed by atoms with E-state index >= 15 is 0 Å². The number of anilines is 1. The van der Waals surface area contributed by atoms with E-state index in [-0.39, 0.29) is 11.4 Å². The van der Waals surface area contributed by atoms with Crippen molar-refractivity contribution in [3.8, 4) is 5.75 Å². The number of nitro benzene ring substituents is 2. The van der Waals surface area contributed by atoms with Gasteiger partial charge in [-0.05, 0) is 17.5 Å². The molecule has 26 heavy (non-hydrogen) atoms. The van der Waals surface area contributed by atoms with Gasteiger partial charge in [-0.3, -0.25) is 25.7 Å². The molecule has 0 unspecified atom stereocenters. The first-order valence-electron chi connectivity index (χ1n) is 7.40. The second-order valence-electron chi connectivity index (χ2n) is 5.31. The highest BCUT2D eigenvalue weighted by molar-refractivity contribution is 5.97. The summed E-state index contributed by atoms with van der Waals surface area (Å²) in [4.78, 5) is 20.4. The van der Waals surface area contributed by atoms with E-state index in [1.165, 1.54) is 12.3 Å². The maximum atomic E-state index is 11.1. The van der Waals surface area contributed by atoms with E-state index < -0.39 is 21.2 Å². The zero-order valence-electron chi connectivity index (χ0n) is 13.2. The summed E-state index contributed by atoms with van der Waals surface area (Å²) in [5.74, 6) is 0.0341. The number of nitro groups is 2. The fraction of sp³-hybridized carbons (Fsp3) is 0. The molecule has 2 N–H and O–H groups in total. The van der Waals surface area contributed by atoms with Gasteiger partial charge in [0.25, 0.3) is 5.69 Å². The monoisotopic (exact) mass is 352 g/mol. The van der Waals surface area contributed by atoms with Gasteiger partial charge in [-0.15, -0.1) is 0 Å². The number of hydrazone groups is 1. The van der Waals surface area contributed by atoms with Gasteiger partial charge < -0.3 is 5.11 Å². The van der Waals surface area contributed by atoms with Crippen LogP contribution in [0.1, 0.15) is 5.56 Å². The average molecular weight is 352 g/mol. The molecule has 0 bridgehead atoms. The smallest absolute Gasteiger partial charge is 0.301 e. The summed E-state index contributed by atoms with van der Waals surface area (Å²) < 4.78 is 0. The Morgan fingerprint density at radius 2 is 1.77 bits per heavy atom. The van der Waals surface area contributed by atoms with Crippen LogP contribution < -0.4 is 5.43 Å². The van der Waals surface area contributed by atoms with Gasteiger partial charge in [0.15, 0.2) is 0 Å². The summed E-state index contributed by atoms with van der Waals surface area (Å²) in [6.07, 6.45) is 1.31. The zero-order valence-corrected chi connectivity index (χ0v) is 13.2. The molecule has 0 aliphatic carbocycles. The normalized spacial score (nSPS) is 10.9. The van der Waals surface area contributed by atoms with E-state index in [9.17, 15) is 25.3 Å². The van der Waals surface area contributed by atoms with Gasteiger partial charge in [-0.1, -0.05) is 30.3 Å². The Balaban J connectivity index is 1.88. The Kier molecular flexibility index (Phi) is 4.44. The summed E-state index contributed by atoms with van der Waals surface area (Å²) in [7, 11) is 0. The van der Waals surface area contributed by atoms with Crippen LogP contribution in [0.15, 0.2) is 59.7 Å². The number of benzene rings is 3. The van der Waals surface area contributed by atoms with E-state index in [1.807, 2.05) is 18.2 Å². The van der Waals surface area contributed by atoms with Crippen molar-refractivity contribution in [1.29, 1.82) is 0 Å². The van der Waals surface area contributed by atoms with Crippen molar-refractivity contribution in [2.75, 3.05) is 5.43 Å². The van der Waals surface area contributed by atoms with Gasteiger partial charge in [-0.25, -0.2) is 0 Å². The molecule has 9 nitrogen and oxygen atoms in total. The summed E-state index contributed by atoms with van der Waals surface area (Å²) in [5.41, 5.74) is 2.03. The molecule has 0 aliphatic heterocycles. The highest BCUT2D eigenvalue weighted by Gasteiger charge is 2.19. The van der Waals surface area contributed by atoms with Crippen molar-refractivity contribution >= 4 is 34.0 Å². The molecule has 0 fully saturated rings. The van der Waals surface area contributed by atoms with E-state index in [1.54, 1.807) is 18.2 Å². The zero-order chi connectivity index (χ0) is 18.7. The summed E-state index contributed by atoms with van der Waals surface area (Å²) in [5, 5.41) is 37.5. The second kappa shape index (κ2) is 6.85. The van der Waals surface area contributed by atoms with Crippen molar-refractivity contribution in [2.24, 2.45) is 5.10 Å². The van der Waals surface area contributed by atoms with Gasteiger partial charge in [0.05, 0.1) is 22.1 Å². The fourth-order valence-electron chi connectivity index (χ4n) is 2.43. The number of rotatable bonds is 5. The predicted molar refractivity (Wildman–Crippen MR) is 96.6 cm³/mol. The Labute approximate surface area is 146 Å². The highest BCUT2D eigenvalue weighted by atomic mass is 16.6. The minimum absolute atomic E-state index is 0.00266. The molecule has 0 atom stereocenters. The van der Waals surface area contributed by atoms with Crippen molar-refractivity contribution in [3.05, 3.63) is 80.4 Å². The molecule has 9 heteroatoms. The Hall–Kier alpha value is -4.01. The molecular formula is C17H12N4O5. The van der Waals surface area contributed by atoms with Crippen molar-refractivity contribution in [3.63, 3.8) is 0 Å². The maximum Gasteiger partial charge on any atom is 0.301 e. The third-order valence-electron chi connectivity index (χ3n) is 3.71. The Morgan fingerprint density at radius 3 is 2.50 bits per heavy atom. The standard InChI is InChI=1S/C17H12N4O5/c22-17-12(6-5-11-3-1-2-4-14(11)17)10-18-19-15-8-7-13(20(23)24)9-16(15)21(25)26/h1-10,19,22H/b18-10+. The van der Waals surface area contributed by atoms with E-state index in [4.69, 9.17) is 0 Å². The molecule has 130 valence electrons. The SMILES string of the molecule is O=[N+]([O-])c1ccc(N/N=C/c2ccc3ccccc3c2O)c([N+](=O)[O-])c1. The summed E-state index contributed by atoms with van der Waals surface area (Å²) >= 11 is 0. The molecule has 0 saturated carbocycles. The fourth-order valence-corrected chi connectivity index (χ4v) is 2.43. The molecule has 0 radical (unpaired) electrons. The first kappa shape index (κ1) is 16.8. The lowest BCUT2D eigenvalue weighted by molar-refractivity contribution is -0.393. The number of aromatic hydroxyl groups is 1. The van der Waals surface area contributed by atoms with E-state index in [0.29, 0.717) is 10.9 Å². The number of nitrogens with zero attached hydrogens (tertiary/aromatic N) is 3. The lowest BCUT2D eigenvalue weighted by Gasteiger charge is -2.05. The van der Waals surface area contributed by atoms with Crippen molar-refractivity contribution < 1.29 is 15.0 Å². The van der Waals surface area contributed by atoms with Crippen LogP contribution in [0.2, 0.25) is 0 Å². The average Bonchev–Trinajstić information content (AvgIpc) is 2.63. The molecule has 0 saturated heterocycles. The Morgan fingerprint density at radius 1 is 1.00 bits per heavy atom. The number of non-ortho nitro benzene ring substituents is 1. The number of phenols is 1. The maximum absolute atomic E-state index is 11.1. The van der Waals surface area contributed by atoms with Gasteiger partial charge in [0, 0.05) is 17.0 Å². The summed E-state index contributed by atoms with van der Waals surface area (Å²) in [6, 6.07) is 13.9. The van der Waals surface area contributed by atoms with Crippen LogP contribution in [0, 0.1) is 20.2 Å². The number of hydrogen-bond acceptors (Lipinski definition) is 7. The van der Waals surface area contributed by atoms with Gasteiger partial charge in [0.1, 0.15) is 11.4 Å². The minimum Gasteiger partial charge on any atom is -0.507 e. The van der Waals surface area contributed by atoms with Crippen LogP contribution in [-0.2, 0) is 0 Å². The number of phenolic OH excluding ortho intramolecular Hbond substituents is 1. The second-order valence-corrected chi connectivity index (χ2v) is 5.31. The first-order valence-corrected chi connectivity index (χ1v) is 7.40. The topological polar surface area (TPSA) is 131 Å². The first-order chi connectivity index (χ1) is 12.5. The lowest BCUT2D eigenvalue weighted by Crippen LogP contribution is -1.98. The third-order valence-corrected chi connectivity index (χ3v) is 3.71. The van der Waals surface area contributed by atoms with Crippen LogP contribution in [-0.4, -0.2) is 21.2 Å². The van der Waals surface area contributed by atoms with Crippen molar-refractivity contribution in [2.45, 2.75) is 0 Å². The van der Waals surface area contributed by atoms with Crippen LogP contribution in [0.4, 0.5) is 17.1 Å². The number of fused-ring (bicyclic) bond motifs is 1.